The molecule has 148 valence electrons. The summed E-state index contributed by atoms with van der Waals surface area (Å²) in [5, 5.41) is 13.9. The zero-order chi connectivity index (χ0) is 21.1. The second-order valence-corrected chi connectivity index (χ2v) is 7.16. The monoisotopic (exact) mass is 419 g/mol. The maximum Gasteiger partial charge on any atom is 0.280 e. The van der Waals surface area contributed by atoms with E-state index in [9.17, 15) is 19.7 Å². The molecule has 0 saturated carbocycles. The summed E-state index contributed by atoms with van der Waals surface area (Å²) in [4.78, 5) is 39.3. The predicted molar refractivity (Wildman–Crippen MR) is 113 cm³/mol. The van der Waals surface area contributed by atoms with Crippen LogP contribution in [0.5, 0.6) is 0 Å². The number of hydrogen-bond donors (Lipinski definition) is 1. The van der Waals surface area contributed by atoms with Gasteiger partial charge >= 0.3 is 0 Å². The summed E-state index contributed by atoms with van der Waals surface area (Å²) in [5.74, 6) is -0.221. The molecule has 3 aromatic rings. The highest BCUT2D eigenvalue weighted by atomic mass is 32.2. The van der Waals surface area contributed by atoms with Gasteiger partial charge in [0.15, 0.2) is 5.17 Å². The van der Waals surface area contributed by atoms with Gasteiger partial charge in [-0.3, -0.25) is 19.7 Å². The third-order valence-corrected chi connectivity index (χ3v) is 5.05. The van der Waals surface area contributed by atoms with E-state index in [0.717, 1.165) is 11.8 Å². The number of nitro benzene ring substituents is 1. The minimum Gasteiger partial charge on any atom is -0.456 e. The van der Waals surface area contributed by atoms with Crippen LogP contribution in [0.25, 0.3) is 17.4 Å². The van der Waals surface area contributed by atoms with Gasteiger partial charge in [-0.25, -0.2) is 0 Å². The first-order chi connectivity index (χ1) is 14.5. The fraction of sp³-hybridized carbons (Fsp3) is 0. The Labute approximate surface area is 174 Å². The molecule has 1 aromatic heterocycles. The molecule has 1 N–H and O–H groups in total. The van der Waals surface area contributed by atoms with Crippen LogP contribution in [0.3, 0.4) is 0 Å². The van der Waals surface area contributed by atoms with Crippen molar-refractivity contribution in [3.8, 4) is 11.3 Å². The molecule has 1 fully saturated rings. The second-order valence-electron chi connectivity index (χ2n) is 6.13. The van der Waals surface area contributed by atoms with E-state index in [2.05, 4.69) is 10.3 Å². The molecule has 0 atom stereocenters. The third-order valence-electron chi connectivity index (χ3n) is 4.14. The van der Waals surface area contributed by atoms with Gasteiger partial charge in [0.25, 0.3) is 17.5 Å². The number of furan rings is 1. The van der Waals surface area contributed by atoms with Crippen molar-refractivity contribution in [2.24, 2.45) is 4.99 Å². The third kappa shape index (κ3) is 4.06. The molecule has 0 radical (unpaired) electrons. The van der Waals surface area contributed by atoms with Crippen molar-refractivity contribution in [1.82, 2.24) is 5.32 Å². The van der Waals surface area contributed by atoms with Gasteiger partial charge in [-0.1, -0.05) is 30.3 Å². The summed E-state index contributed by atoms with van der Waals surface area (Å²) in [6, 6.07) is 18.0. The van der Waals surface area contributed by atoms with Gasteiger partial charge in [0, 0.05) is 17.7 Å². The lowest BCUT2D eigenvalue weighted by atomic mass is 10.1. The lowest BCUT2D eigenvalue weighted by Crippen LogP contribution is -2.20. The number of nitro groups is 1. The summed E-state index contributed by atoms with van der Waals surface area (Å²) < 4.78 is 5.68. The Bertz CT molecular complexity index is 1210. The SMILES string of the molecule is O=C1NC(=NC(=O)c2ccccc2)S/C1=C\c1ccc(-c2ccccc2[N+](=O)[O-])o1. The van der Waals surface area contributed by atoms with Crippen molar-refractivity contribution in [2.75, 3.05) is 0 Å². The summed E-state index contributed by atoms with van der Waals surface area (Å²) >= 11 is 1.01. The smallest absolute Gasteiger partial charge is 0.280 e. The van der Waals surface area contributed by atoms with Crippen LogP contribution in [0.1, 0.15) is 16.1 Å². The molecular weight excluding hydrogens is 406 g/mol. The highest BCUT2D eigenvalue weighted by Crippen LogP contribution is 2.33. The summed E-state index contributed by atoms with van der Waals surface area (Å²) in [5.41, 5.74) is 0.677. The van der Waals surface area contributed by atoms with Crippen LogP contribution in [0.15, 0.2) is 81.0 Å². The molecule has 1 aliphatic heterocycles. The molecule has 0 unspecified atom stereocenters. The van der Waals surface area contributed by atoms with Gasteiger partial charge in [0.1, 0.15) is 11.5 Å². The van der Waals surface area contributed by atoms with Gasteiger partial charge < -0.3 is 9.73 Å². The first kappa shape index (κ1) is 19.3. The Hall–Kier alpha value is -3.98. The number of carbonyl (C=O) groups excluding carboxylic acids is 2. The van der Waals surface area contributed by atoms with Gasteiger partial charge in [0.2, 0.25) is 0 Å². The first-order valence-corrected chi connectivity index (χ1v) is 9.55. The van der Waals surface area contributed by atoms with Crippen LogP contribution in [0, 0.1) is 10.1 Å². The number of aliphatic imine (C=N–C) groups is 1. The molecule has 9 heteroatoms. The van der Waals surface area contributed by atoms with Crippen LogP contribution in [0.2, 0.25) is 0 Å². The topological polar surface area (TPSA) is 115 Å². The van der Waals surface area contributed by atoms with Crippen LogP contribution in [0.4, 0.5) is 5.69 Å². The average Bonchev–Trinajstić information content (AvgIpc) is 3.35. The zero-order valence-electron chi connectivity index (χ0n) is 15.3. The lowest BCUT2D eigenvalue weighted by Gasteiger charge is -1.98. The summed E-state index contributed by atoms with van der Waals surface area (Å²) in [6.45, 7) is 0. The van der Waals surface area contributed by atoms with Gasteiger partial charge in [0.05, 0.1) is 15.4 Å². The number of carbonyl (C=O) groups is 2. The minimum absolute atomic E-state index is 0.0760. The number of benzene rings is 2. The van der Waals surface area contributed by atoms with E-state index < -0.39 is 16.7 Å². The largest absolute Gasteiger partial charge is 0.456 e. The number of para-hydroxylation sites is 1. The Balaban J connectivity index is 1.55. The van der Waals surface area contributed by atoms with E-state index in [1.165, 1.54) is 12.1 Å². The molecule has 2 aromatic carbocycles. The fourth-order valence-electron chi connectivity index (χ4n) is 2.76. The van der Waals surface area contributed by atoms with Crippen molar-refractivity contribution in [1.29, 1.82) is 0 Å². The number of nitrogens with one attached hydrogen (secondary N) is 1. The number of amidine groups is 1. The minimum atomic E-state index is -0.483. The fourth-order valence-corrected chi connectivity index (χ4v) is 3.56. The molecule has 2 amide bonds. The van der Waals surface area contributed by atoms with E-state index in [1.54, 1.807) is 60.7 Å². The Morgan fingerprint density at radius 1 is 1.07 bits per heavy atom. The number of rotatable bonds is 4. The molecule has 30 heavy (non-hydrogen) atoms. The van der Waals surface area contributed by atoms with Crippen LogP contribution >= 0.6 is 11.8 Å². The molecule has 0 bridgehead atoms. The number of nitrogens with zero attached hydrogens (tertiary/aromatic N) is 2. The molecule has 0 aliphatic carbocycles. The standard InChI is InChI=1S/C21H13N3O5S/c25-19(13-6-2-1-3-7-13)22-21-23-20(26)18(30-21)12-14-10-11-17(29-14)15-8-4-5-9-16(15)24(27)28/h1-12H,(H,22,23,25,26)/b18-12-. The van der Waals surface area contributed by atoms with Gasteiger partial charge in [-0.2, -0.15) is 4.99 Å². The lowest BCUT2D eigenvalue weighted by molar-refractivity contribution is -0.384. The second kappa shape index (κ2) is 8.18. The zero-order valence-corrected chi connectivity index (χ0v) is 16.1. The van der Waals surface area contributed by atoms with Crippen molar-refractivity contribution in [2.45, 2.75) is 0 Å². The molecular formula is C21H13N3O5S. The summed E-state index contributed by atoms with van der Waals surface area (Å²) in [6.07, 6.45) is 1.49. The maximum absolute atomic E-state index is 12.2. The van der Waals surface area contributed by atoms with Crippen molar-refractivity contribution in [3.05, 3.63) is 93.1 Å². The highest BCUT2D eigenvalue weighted by molar-refractivity contribution is 8.18. The quantitative estimate of drug-likeness (QED) is 0.384. The van der Waals surface area contributed by atoms with Crippen LogP contribution in [-0.4, -0.2) is 21.9 Å². The van der Waals surface area contributed by atoms with E-state index >= 15 is 0 Å². The Morgan fingerprint density at radius 2 is 1.80 bits per heavy atom. The average molecular weight is 419 g/mol. The molecule has 2 heterocycles. The Kier molecular flexibility index (Phi) is 5.27. The molecule has 1 aliphatic rings. The number of hydrogen-bond acceptors (Lipinski definition) is 6. The van der Waals surface area contributed by atoms with Gasteiger partial charge in [-0.15, -0.1) is 0 Å². The maximum atomic E-state index is 12.2. The van der Waals surface area contributed by atoms with Crippen LogP contribution < -0.4 is 5.32 Å². The van der Waals surface area contributed by atoms with Crippen molar-refractivity contribution < 1.29 is 18.9 Å². The first-order valence-electron chi connectivity index (χ1n) is 8.74. The highest BCUT2D eigenvalue weighted by Gasteiger charge is 2.25. The molecule has 1 saturated heterocycles. The van der Waals surface area contributed by atoms with Crippen LogP contribution in [-0.2, 0) is 4.79 Å². The summed E-state index contributed by atoms with van der Waals surface area (Å²) in [7, 11) is 0. The number of thioether (sulfide) groups is 1. The van der Waals surface area contributed by atoms with Crippen molar-refractivity contribution >= 4 is 40.5 Å². The molecule has 0 spiro atoms. The molecule has 4 rings (SSSR count). The van der Waals surface area contributed by atoms with E-state index in [0.29, 0.717) is 22.6 Å². The Morgan fingerprint density at radius 3 is 2.57 bits per heavy atom. The van der Waals surface area contributed by atoms with E-state index in [4.69, 9.17) is 4.42 Å². The van der Waals surface area contributed by atoms with E-state index in [-0.39, 0.29) is 15.8 Å². The van der Waals surface area contributed by atoms with Crippen molar-refractivity contribution in [3.63, 3.8) is 0 Å². The van der Waals surface area contributed by atoms with E-state index in [1.807, 2.05) is 0 Å². The molecule has 8 nitrogen and oxygen atoms in total. The van der Waals surface area contributed by atoms with Gasteiger partial charge in [-0.05, 0) is 42.1 Å². The number of amides is 2. The predicted octanol–water partition coefficient (Wildman–Crippen LogP) is 4.26. The normalized spacial score (nSPS) is 16.1.